The van der Waals surface area contributed by atoms with Crippen molar-refractivity contribution in [3.05, 3.63) is 55.5 Å². The standard InChI is InChI=1S/C18H15BrCl2FNO4/c1-2-27-15(25)6-5-14(24)17-18(26)11(19)8-9(23-17)7-10-12(20)3-4-13(22)16(10)21/h3-4,8,26H,2,5-7H2,1H3. The number of aromatic hydroxyl groups is 1. The third-order valence-electron chi connectivity index (χ3n) is 3.62. The lowest BCUT2D eigenvalue weighted by Crippen LogP contribution is -2.10. The Morgan fingerprint density at radius 3 is 2.67 bits per heavy atom. The Hall–Kier alpha value is -1.70. The first kappa shape index (κ1) is 21.6. The zero-order chi connectivity index (χ0) is 20.1. The van der Waals surface area contributed by atoms with Crippen LogP contribution in [0.5, 0.6) is 5.75 Å². The molecule has 0 atom stereocenters. The Balaban J connectivity index is 2.29. The van der Waals surface area contributed by atoms with Crippen molar-refractivity contribution in [2.45, 2.75) is 26.2 Å². The molecule has 2 aromatic rings. The lowest BCUT2D eigenvalue weighted by molar-refractivity contribution is -0.143. The van der Waals surface area contributed by atoms with Gasteiger partial charge in [-0.15, -0.1) is 0 Å². The highest BCUT2D eigenvalue weighted by Crippen LogP contribution is 2.32. The number of benzene rings is 1. The largest absolute Gasteiger partial charge is 0.504 e. The van der Waals surface area contributed by atoms with Gasteiger partial charge in [0.15, 0.2) is 11.5 Å². The number of hydrogen-bond acceptors (Lipinski definition) is 5. The molecule has 1 heterocycles. The highest BCUT2D eigenvalue weighted by molar-refractivity contribution is 9.10. The van der Waals surface area contributed by atoms with Crippen molar-refractivity contribution >= 4 is 50.9 Å². The van der Waals surface area contributed by atoms with Gasteiger partial charge in [-0.05, 0) is 46.6 Å². The van der Waals surface area contributed by atoms with Crippen LogP contribution in [0.1, 0.15) is 41.5 Å². The van der Waals surface area contributed by atoms with Crippen LogP contribution in [0, 0.1) is 5.82 Å². The average molecular weight is 479 g/mol. The summed E-state index contributed by atoms with van der Waals surface area (Å²) in [5.74, 6) is -2.01. The quantitative estimate of drug-likeness (QED) is 0.340. The molecule has 1 N–H and O–H groups in total. The van der Waals surface area contributed by atoms with Gasteiger partial charge in [-0.1, -0.05) is 23.2 Å². The van der Waals surface area contributed by atoms with E-state index in [-0.39, 0.29) is 51.8 Å². The zero-order valence-electron chi connectivity index (χ0n) is 14.2. The lowest BCUT2D eigenvalue weighted by atomic mass is 10.1. The predicted octanol–water partition coefficient (Wildman–Crippen LogP) is 5.11. The zero-order valence-corrected chi connectivity index (χ0v) is 17.3. The molecule has 1 aromatic heterocycles. The van der Waals surface area contributed by atoms with Crippen molar-refractivity contribution in [3.8, 4) is 5.75 Å². The number of aromatic nitrogens is 1. The second-order valence-electron chi connectivity index (χ2n) is 5.52. The number of ether oxygens (including phenoxy) is 1. The van der Waals surface area contributed by atoms with Crippen molar-refractivity contribution in [3.63, 3.8) is 0 Å². The van der Waals surface area contributed by atoms with Gasteiger partial charge < -0.3 is 9.84 Å². The number of halogens is 4. The molecule has 2 rings (SSSR count). The van der Waals surface area contributed by atoms with Gasteiger partial charge in [-0.25, -0.2) is 9.37 Å². The first-order chi connectivity index (χ1) is 12.7. The summed E-state index contributed by atoms with van der Waals surface area (Å²) in [4.78, 5) is 27.9. The molecule has 0 saturated carbocycles. The number of pyridine rings is 1. The topological polar surface area (TPSA) is 76.5 Å². The Labute approximate surface area is 173 Å². The van der Waals surface area contributed by atoms with Gasteiger partial charge in [0, 0.05) is 23.6 Å². The fourth-order valence-corrected chi connectivity index (χ4v) is 3.28. The number of ketones is 1. The second-order valence-corrected chi connectivity index (χ2v) is 7.16. The van der Waals surface area contributed by atoms with E-state index < -0.39 is 17.6 Å². The molecule has 5 nitrogen and oxygen atoms in total. The summed E-state index contributed by atoms with van der Waals surface area (Å²) in [6.45, 7) is 1.88. The number of hydrogen-bond donors (Lipinski definition) is 1. The van der Waals surface area contributed by atoms with Gasteiger partial charge in [-0.3, -0.25) is 9.59 Å². The first-order valence-corrected chi connectivity index (χ1v) is 9.49. The minimum atomic E-state index is -0.625. The summed E-state index contributed by atoms with van der Waals surface area (Å²) in [7, 11) is 0. The van der Waals surface area contributed by atoms with Crippen LogP contribution in [-0.4, -0.2) is 28.4 Å². The highest BCUT2D eigenvalue weighted by atomic mass is 79.9. The molecule has 0 bridgehead atoms. The highest BCUT2D eigenvalue weighted by Gasteiger charge is 2.20. The molecule has 0 aliphatic heterocycles. The van der Waals surface area contributed by atoms with Crippen LogP contribution in [-0.2, 0) is 16.0 Å². The van der Waals surface area contributed by atoms with E-state index in [1.54, 1.807) is 6.92 Å². The third kappa shape index (κ3) is 5.40. The molecule has 0 saturated heterocycles. The second kappa shape index (κ2) is 9.48. The van der Waals surface area contributed by atoms with E-state index in [4.69, 9.17) is 27.9 Å². The van der Waals surface area contributed by atoms with Crippen LogP contribution in [0.25, 0.3) is 0 Å². The molecular formula is C18H15BrCl2FNO4. The van der Waals surface area contributed by atoms with Crippen LogP contribution < -0.4 is 0 Å². The smallest absolute Gasteiger partial charge is 0.306 e. The molecule has 0 fully saturated rings. The predicted molar refractivity (Wildman–Crippen MR) is 103 cm³/mol. The number of rotatable bonds is 7. The summed E-state index contributed by atoms with van der Waals surface area (Å²) < 4.78 is 18.7. The van der Waals surface area contributed by atoms with Gasteiger partial charge in [0.05, 0.1) is 22.5 Å². The Morgan fingerprint density at radius 2 is 2.00 bits per heavy atom. The van der Waals surface area contributed by atoms with E-state index >= 15 is 0 Å². The van der Waals surface area contributed by atoms with E-state index in [0.717, 1.165) is 6.07 Å². The fraction of sp³-hybridized carbons (Fsp3) is 0.278. The first-order valence-electron chi connectivity index (χ1n) is 7.94. The van der Waals surface area contributed by atoms with E-state index in [0.29, 0.717) is 11.3 Å². The summed E-state index contributed by atoms with van der Waals surface area (Å²) in [6.07, 6.45) is -0.250. The van der Waals surface area contributed by atoms with Crippen molar-refractivity contribution in [2.75, 3.05) is 6.61 Å². The number of esters is 1. The number of nitrogens with zero attached hydrogens (tertiary/aromatic N) is 1. The number of carbonyl (C=O) groups is 2. The van der Waals surface area contributed by atoms with Crippen LogP contribution in [0.2, 0.25) is 10.0 Å². The number of carbonyl (C=O) groups excluding carboxylic acids is 2. The van der Waals surface area contributed by atoms with Crippen molar-refractivity contribution in [2.24, 2.45) is 0 Å². The van der Waals surface area contributed by atoms with Gasteiger partial charge >= 0.3 is 5.97 Å². The third-order valence-corrected chi connectivity index (χ3v) is 4.99. The Kier molecular flexibility index (Phi) is 7.59. The molecule has 27 heavy (non-hydrogen) atoms. The Morgan fingerprint density at radius 1 is 1.30 bits per heavy atom. The molecule has 0 radical (unpaired) electrons. The molecule has 0 aliphatic carbocycles. The molecule has 1 aromatic carbocycles. The van der Waals surface area contributed by atoms with Crippen molar-refractivity contribution in [1.29, 1.82) is 0 Å². The SMILES string of the molecule is CCOC(=O)CCC(=O)c1nc(Cc2c(Cl)ccc(F)c2Cl)cc(Br)c1O. The molecule has 9 heteroatoms. The summed E-state index contributed by atoms with van der Waals surface area (Å²) in [5.41, 5.74) is 0.453. The maximum atomic E-state index is 13.7. The normalized spacial score (nSPS) is 10.7. The van der Waals surface area contributed by atoms with E-state index in [1.807, 2.05) is 0 Å². The van der Waals surface area contributed by atoms with Gasteiger partial charge in [0.25, 0.3) is 0 Å². The van der Waals surface area contributed by atoms with Crippen molar-refractivity contribution in [1.82, 2.24) is 4.98 Å². The van der Waals surface area contributed by atoms with Crippen molar-refractivity contribution < 1.29 is 23.8 Å². The van der Waals surface area contributed by atoms with Crippen LogP contribution in [0.4, 0.5) is 4.39 Å². The monoisotopic (exact) mass is 477 g/mol. The molecule has 0 aliphatic rings. The summed E-state index contributed by atoms with van der Waals surface area (Å²) in [6, 6.07) is 4.01. The van der Waals surface area contributed by atoms with E-state index in [9.17, 15) is 19.1 Å². The molecular weight excluding hydrogens is 464 g/mol. The maximum Gasteiger partial charge on any atom is 0.306 e. The van der Waals surface area contributed by atoms with E-state index in [1.165, 1.54) is 12.1 Å². The Bertz CT molecular complexity index is 892. The maximum absolute atomic E-state index is 13.7. The molecule has 0 amide bonds. The minimum absolute atomic E-state index is 0.0481. The van der Waals surface area contributed by atoms with E-state index in [2.05, 4.69) is 20.9 Å². The average Bonchev–Trinajstić information content (AvgIpc) is 2.63. The summed E-state index contributed by atoms with van der Waals surface area (Å²) >= 11 is 15.2. The molecule has 144 valence electrons. The number of Topliss-reactive ketones (excluding diaryl/α,β-unsaturated/α-hetero) is 1. The van der Waals surface area contributed by atoms with Gasteiger partial charge in [-0.2, -0.15) is 0 Å². The van der Waals surface area contributed by atoms with Crippen LogP contribution in [0.15, 0.2) is 22.7 Å². The lowest BCUT2D eigenvalue weighted by Gasteiger charge is -2.11. The van der Waals surface area contributed by atoms with Crippen LogP contribution in [0.3, 0.4) is 0 Å². The minimum Gasteiger partial charge on any atom is -0.504 e. The fourth-order valence-electron chi connectivity index (χ4n) is 2.32. The van der Waals surface area contributed by atoms with Gasteiger partial charge in [0.2, 0.25) is 0 Å². The molecule has 0 spiro atoms. The van der Waals surface area contributed by atoms with Crippen LogP contribution >= 0.6 is 39.1 Å². The van der Waals surface area contributed by atoms with Gasteiger partial charge in [0.1, 0.15) is 11.5 Å². The summed E-state index contributed by atoms with van der Waals surface area (Å²) in [5, 5.41) is 10.2. The molecule has 0 unspecified atom stereocenters.